The highest BCUT2D eigenvalue weighted by Gasteiger charge is 2.16. The highest BCUT2D eigenvalue weighted by atomic mass is 31.0. The van der Waals surface area contributed by atoms with E-state index in [4.69, 9.17) is 9.47 Å². The Balaban J connectivity index is 2.57. The fourth-order valence-corrected chi connectivity index (χ4v) is 2.10. The van der Waals surface area contributed by atoms with Crippen LogP contribution in [0, 0.1) is 6.92 Å². The first-order valence-corrected chi connectivity index (χ1v) is 7.94. The molecule has 1 atom stereocenters. The van der Waals surface area contributed by atoms with Crippen LogP contribution in [-0.2, 0) is 21.0 Å². The summed E-state index contributed by atoms with van der Waals surface area (Å²) >= 11 is 0. The van der Waals surface area contributed by atoms with Crippen molar-refractivity contribution in [3.63, 3.8) is 0 Å². The molecule has 0 saturated carbocycles. The molecule has 9 nitrogen and oxygen atoms in total. The Bertz CT molecular complexity index is 613. The lowest BCUT2D eigenvalue weighted by Crippen LogP contribution is -2.41. The topological polar surface area (TPSA) is 126 Å². The van der Waals surface area contributed by atoms with E-state index < -0.39 is 18.4 Å². The molecule has 1 aromatic carbocycles. The number of benzene rings is 1. The number of hydrogen-bond donors (Lipinski definition) is 4. The van der Waals surface area contributed by atoms with Crippen molar-refractivity contribution in [2.24, 2.45) is 0 Å². The average Bonchev–Trinajstić information content (AvgIpc) is 2.59. The van der Waals surface area contributed by atoms with Crippen molar-refractivity contribution in [1.82, 2.24) is 15.7 Å². The molecule has 0 aromatic heterocycles. The largest absolute Gasteiger partial charge is 0.493 e. The zero-order valence-electron chi connectivity index (χ0n) is 14.0. The maximum atomic E-state index is 11.9. The van der Waals surface area contributed by atoms with Crippen molar-refractivity contribution in [2.45, 2.75) is 13.5 Å². The lowest BCUT2D eigenvalue weighted by molar-refractivity contribution is -0.135. The van der Waals surface area contributed by atoms with Crippen molar-refractivity contribution >= 4 is 27.2 Å². The van der Waals surface area contributed by atoms with Crippen molar-refractivity contribution in [2.75, 3.05) is 26.7 Å². The van der Waals surface area contributed by atoms with Gasteiger partial charge in [0.25, 0.3) is 0 Å². The van der Waals surface area contributed by atoms with Crippen LogP contribution in [0.1, 0.15) is 11.1 Å². The fourth-order valence-electron chi connectivity index (χ4n) is 1.91. The van der Waals surface area contributed by atoms with Crippen LogP contribution < -0.4 is 25.2 Å². The van der Waals surface area contributed by atoms with Gasteiger partial charge in [-0.25, -0.2) is 4.79 Å². The van der Waals surface area contributed by atoms with E-state index in [2.05, 4.69) is 25.1 Å². The summed E-state index contributed by atoms with van der Waals surface area (Å²) in [5.41, 5.74) is 1.23. The molecule has 0 heterocycles. The van der Waals surface area contributed by atoms with Crippen molar-refractivity contribution in [3.05, 3.63) is 23.3 Å². The van der Waals surface area contributed by atoms with Crippen molar-refractivity contribution in [3.8, 4) is 11.5 Å². The number of rotatable bonds is 9. The number of aliphatic hydroxyl groups excluding tert-OH is 1. The van der Waals surface area contributed by atoms with Crippen LogP contribution in [0.15, 0.2) is 12.1 Å². The van der Waals surface area contributed by atoms with Gasteiger partial charge >= 0.3 is 5.97 Å². The highest BCUT2D eigenvalue weighted by Crippen LogP contribution is 2.32. The summed E-state index contributed by atoms with van der Waals surface area (Å²) in [5, 5.41) is 16.7. The standard InChI is InChI=1S/C15H22N3O6P/c1-9-3-10(8-19)15(11(4-9)23-2)24-14(22)7-17-12(20)5-16-13(21)6-18-25/h3-4,18-19H,5-8,25H2,1-2H3,(H,16,21)(H,17,20). The predicted molar refractivity (Wildman–Crippen MR) is 93.0 cm³/mol. The Hall–Kier alpha value is -2.22. The molecule has 1 rings (SSSR count). The maximum Gasteiger partial charge on any atom is 0.330 e. The Kier molecular flexibility index (Phi) is 8.83. The zero-order chi connectivity index (χ0) is 18.8. The molecular formula is C15H22N3O6P. The first kappa shape index (κ1) is 20.8. The van der Waals surface area contributed by atoms with Crippen LogP contribution in [0.4, 0.5) is 0 Å². The van der Waals surface area contributed by atoms with Crippen LogP contribution in [0.5, 0.6) is 11.5 Å². The minimum absolute atomic E-state index is 0.0527. The number of esters is 1. The molecule has 1 aromatic rings. The summed E-state index contributed by atoms with van der Waals surface area (Å²) in [4.78, 5) is 34.7. The molecule has 0 aliphatic heterocycles. The van der Waals surface area contributed by atoms with Gasteiger partial charge in [-0.15, -0.1) is 0 Å². The normalized spacial score (nSPS) is 10.1. The summed E-state index contributed by atoms with van der Waals surface area (Å²) in [6.45, 7) is 0.890. The zero-order valence-corrected chi connectivity index (χ0v) is 15.2. The minimum atomic E-state index is -0.733. The number of carbonyl (C=O) groups excluding carboxylic acids is 3. The van der Waals surface area contributed by atoms with Crippen LogP contribution in [0.3, 0.4) is 0 Å². The summed E-state index contributed by atoms with van der Waals surface area (Å²) in [5.74, 6) is -1.21. The molecular weight excluding hydrogens is 349 g/mol. The minimum Gasteiger partial charge on any atom is -0.493 e. The Morgan fingerprint density at radius 2 is 1.76 bits per heavy atom. The van der Waals surface area contributed by atoms with Crippen LogP contribution >= 0.6 is 9.39 Å². The third-order valence-corrected chi connectivity index (χ3v) is 3.23. The van der Waals surface area contributed by atoms with E-state index in [1.807, 2.05) is 6.92 Å². The maximum absolute atomic E-state index is 11.9. The second-order valence-corrected chi connectivity index (χ2v) is 5.43. The molecule has 0 aliphatic rings. The SMILES string of the molecule is COc1cc(C)cc(CO)c1OC(=O)CNC(=O)CNC(=O)CNP. The molecule has 10 heteroatoms. The second-order valence-electron chi connectivity index (χ2n) is 5.02. The van der Waals surface area contributed by atoms with Crippen molar-refractivity contribution in [1.29, 1.82) is 0 Å². The van der Waals surface area contributed by atoms with E-state index in [1.54, 1.807) is 12.1 Å². The van der Waals surface area contributed by atoms with Gasteiger partial charge in [0.1, 0.15) is 6.54 Å². The fraction of sp³-hybridized carbons (Fsp3) is 0.400. The summed E-state index contributed by atoms with van der Waals surface area (Å²) < 4.78 is 10.3. The third-order valence-electron chi connectivity index (χ3n) is 3.02. The molecule has 0 saturated heterocycles. The van der Waals surface area contributed by atoms with E-state index in [9.17, 15) is 19.5 Å². The van der Waals surface area contributed by atoms with Gasteiger partial charge in [0.05, 0.1) is 26.8 Å². The molecule has 0 radical (unpaired) electrons. The number of carbonyl (C=O) groups is 3. The van der Waals surface area contributed by atoms with Gasteiger partial charge in [-0.1, -0.05) is 9.39 Å². The van der Waals surface area contributed by atoms with Crippen molar-refractivity contribution < 1.29 is 29.0 Å². The van der Waals surface area contributed by atoms with E-state index in [0.29, 0.717) is 11.3 Å². The Morgan fingerprint density at radius 3 is 2.36 bits per heavy atom. The van der Waals surface area contributed by atoms with Gasteiger partial charge < -0.3 is 25.2 Å². The number of amides is 2. The lowest BCUT2D eigenvalue weighted by Gasteiger charge is -2.14. The third kappa shape index (κ3) is 7.04. The van der Waals surface area contributed by atoms with E-state index in [1.165, 1.54) is 7.11 Å². The molecule has 0 aliphatic carbocycles. The first-order chi connectivity index (χ1) is 11.9. The van der Waals surface area contributed by atoms with Crippen LogP contribution in [0.2, 0.25) is 0 Å². The second kappa shape index (κ2) is 10.6. The highest BCUT2D eigenvalue weighted by molar-refractivity contribution is 7.13. The summed E-state index contributed by atoms with van der Waals surface area (Å²) in [6.07, 6.45) is 0. The number of hydrogen-bond acceptors (Lipinski definition) is 7. The predicted octanol–water partition coefficient (Wildman–Crippen LogP) is -0.987. The summed E-state index contributed by atoms with van der Waals surface area (Å²) in [6, 6.07) is 3.33. The smallest absolute Gasteiger partial charge is 0.330 e. The number of aryl methyl sites for hydroxylation is 1. The Labute approximate surface area is 147 Å². The average molecular weight is 371 g/mol. The van der Waals surface area contributed by atoms with E-state index in [-0.39, 0.29) is 31.4 Å². The monoisotopic (exact) mass is 371 g/mol. The number of nitrogens with one attached hydrogen (secondary N) is 3. The van der Waals surface area contributed by atoms with Gasteiger partial charge in [-0.05, 0) is 24.6 Å². The van der Waals surface area contributed by atoms with Gasteiger partial charge in [-0.3, -0.25) is 14.7 Å². The molecule has 0 fully saturated rings. The van der Waals surface area contributed by atoms with Crippen LogP contribution in [-0.4, -0.2) is 49.6 Å². The molecule has 4 N–H and O–H groups in total. The van der Waals surface area contributed by atoms with Gasteiger partial charge in [0, 0.05) is 5.56 Å². The molecule has 1 unspecified atom stereocenters. The van der Waals surface area contributed by atoms with Gasteiger partial charge in [-0.2, -0.15) is 0 Å². The number of ether oxygens (including phenoxy) is 2. The molecule has 25 heavy (non-hydrogen) atoms. The first-order valence-electron chi connectivity index (χ1n) is 7.37. The Morgan fingerprint density at radius 1 is 1.12 bits per heavy atom. The lowest BCUT2D eigenvalue weighted by atomic mass is 10.1. The number of methoxy groups -OCH3 is 1. The quantitative estimate of drug-likeness (QED) is 0.250. The molecule has 0 spiro atoms. The van der Waals surface area contributed by atoms with Gasteiger partial charge in [0.2, 0.25) is 11.8 Å². The van der Waals surface area contributed by atoms with Crippen LogP contribution in [0.25, 0.3) is 0 Å². The molecule has 0 bridgehead atoms. The van der Waals surface area contributed by atoms with E-state index in [0.717, 1.165) is 5.56 Å². The van der Waals surface area contributed by atoms with E-state index >= 15 is 0 Å². The molecule has 138 valence electrons. The number of aliphatic hydroxyl groups is 1. The van der Waals surface area contributed by atoms with Gasteiger partial charge in [0.15, 0.2) is 11.5 Å². The molecule has 2 amide bonds. The summed E-state index contributed by atoms with van der Waals surface area (Å²) in [7, 11) is 3.58.